The van der Waals surface area contributed by atoms with E-state index in [1.165, 1.54) is 0 Å². The Balaban J connectivity index is 3.92. The Morgan fingerprint density at radius 2 is 1.29 bits per heavy atom. The Kier molecular flexibility index (Phi) is 6.82. The first-order valence-electron chi connectivity index (χ1n) is 4.12. The van der Waals surface area contributed by atoms with Crippen LogP contribution in [0.3, 0.4) is 0 Å². The lowest BCUT2D eigenvalue weighted by molar-refractivity contribution is -0.161. The Morgan fingerprint density at radius 3 is 1.50 bits per heavy atom. The van der Waals surface area contributed by atoms with Crippen LogP contribution in [-0.2, 0) is 19.1 Å². The maximum Gasteiger partial charge on any atom is 0.316 e. The lowest BCUT2D eigenvalue weighted by Crippen LogP contribution is -2.31. The Labute approximate surface area is 94.2 Å². The highest BCUT2D eigenvalue weighted by molar-refractivity contribution is 7.81. The van der Waals surface area contributed by atoms with Crippen molar-refractivity contribution in [3.8, 4) is 0 Å². The maximum absolute atomic E-state index is 10.8. The highest BCUT2D eigenvalue weighted by Gasteiger charge is 2.19. The third-order valence-electron chi connectivity index (χ3n) is 1.55. The molecular weight excluding hydrogens is 224 g/mol. The van der Waals surface area contributed by atoms with Gasteiger partial charge in [0.25, 0.3) is 0 Å². The predicted octanol–water partition coefficient (Wildman–Crippen LogP) is 0.709. The normalized spacial score (nSPS) is 14.3. The van der Waals surface area contributed by atoms with Gasteiger partial charge in [-0.05, 0) is 13.8 Å². The van der Waals surface area contributed by atoms with Crippen molar-refractivity contribution in [3.63, 3.8) is 0 Å². The number of rotatable bonds is 5. The molecule has 0 aromatic rings. The molecular formula is C8H14O4S2. The van der Waals surface area contributed by atoms with E-state index in [9.17, 15) is 9.59 Å². The third kappa shape index (κ3) is 5.39. The van der Waals surface area contributed by atoms with Crippen LogP contribution in [0, 0.1) is 0 Å². The SMILES string of the molecule is CC(OC(=O)CS)C(C)OC(=O)CS. The molecule has 0 aliphatic carbocycles. The van der Waals surface area contributed by atoms with E-state index in [1.54, 1.807) is 13.8 Å². The zero-order valence-electron chi connectivity index (χ0n) is 8.10. The van der Waals surface area contributed by atoms with E-state index in [0.717, 1.165) is 0 Å². The van der Waals surface area contributed by atoms with E-state index in [1.807, 2.05) is 0 Å². The third-order valence-corrected chi connectivity index (χ3v) is 2.07. The molecule has 0 N–H and O–H groups in total. The lowest BCUT2D eigenvalue weighted by Gasteiger charge is -2.19. The van der Waals surface area contributed by atoms with E-state index in [-0.39, 0.29) is 11.5 Å². The molecule has 0 amide bonds. The molecule has 0 fully saturated rings. The van der Waals surface area contributed by atoms with E-state index >= 15 is 0 Å². The first kappa shape index (κ1) is 13.6. The van der Waals surface area contributed by atoms with Gasteiger partial charge in [0.2, 0.25) is 0 Å². The zero-order chi connectivity index (χ0) is 11.1. The molecule has 2 unspecified atom stereocenters. The van der Waals surface area contributed by atoms with Gasteiger partial charge in [-0.1, -0.05) is 0 Å². The molecule has 0 heterocycles. The van der Waals surface area contributed by atoms with Crippen molar-refractivity contribution in [3.05, 3.63) is 0 Å². The van der Waals surface area contributed by atoms with Crippen molar-refractivity contribution in [2.75, 3.05) is 11.5 Å². The van der Waals surface area contributed by atoms with Crippen LogP contribution in [0.1, 0.15) is 13.8 Å². The second kappa shape index (κ2) is 7.00. The fraction of sp³-hybridized carbons (Fsp3) is 0.750. The van der Waals surface area contributed by atoms with Crippen molar-refractivity contribution in [1.29, 1.82) is 0 Å². The summed E-state index contributed by atoms with van der Waals surface area (Å²) >= 11 is 7.50. The molecule has 0 radical (unpaired) electrons. The van der Waals surface area contributed by atoms with Crippen molar-refractivity contribution >= 4 is 37.2 Å². The molecule has 0 aromatic heterocycles. The second-order valence-corrected chi connectivity index (χ2v) is 3.34. The summed E-state index contributed by atoms with van der Waals surface area (Å²) in [5.41, 5.74) is 0. The largest absolute Gasteiger partial charge is 0.458 e. The molecule has 82 valence electrons. The minimum absolute atomic E-state index is 0.0115. The fourth-order valence-corrected chi connectivity index (χ4v) is 0.830. The van der Waals surface area contributed by atoms with Crippen LogP contribution in [0.15, 0.2) is 0 Å². The minimum atomic E-state index is -0.474. The molecule has 0 saturated heterocycles. The van der Waals surface area contributed by atoms with Gasteiger partial charge in [-0.15, -0.1) is 0 Å². The molecule has 4 nitrogen and oxygen atoms in total. The Hall–Kier alpha value is -0.360. The van der Waals surface area contributed by atoms with Crippen LogP contribution in [-0.4, -0.2) is 35.7 Å². The van der Waals surface area contributed by atoms with E-state index in [2.05, 4.69) is 25.3 Å². The van der Waals surface area contributed by atoms with Gasteiger partial charge < -0.3 is 9.47 Å². The average molecular weight is 238 g/mol. The summed E-state index contributed by atoms with van der Waals surface area (Å²) < 4.78 is 9.78. The number of esters is 2. The molecule has 0 aliphatic rings. The summed E-state index contributed by atoms with van der Waals surface area (Å²) in [7, 11) is 0. The topological polar surface area (TPSA) is 52.6 Å². The highest BCUT2D eigenvalue weighted by Crippen LogP contribution is 2.04. The van der Waals surface area contributed by atoms with Crippen molar-refractivity contribution in [2.24, 2.45) is 0 Å². The van der Waals surface area contributed by atoms with Crippen LogP contribution in [0.25, 0.3) is 0 Å². The molecule has 2 atom stereocenters. The number of thiol groups is 2. The van der Waals surface area contributed by atoms with Gasteiger partial charge in [0.05, 0.1) is 11.5 Å². The number of hydrogen-bond donors (Lipinski definition) is 2. The van der Waals surface area contributed by atoms with Gasteiger partial charge in [0.1, 0.15) is 12.2 Å². The molecule has 0 rings (SSSR count). The second-order valence-electron chi connectivity index (χ2n) is 2.71. The average Bonchev–Trinajstić information content (AvgIpc) is 2.17. The summed E-state index contributed by atoms with van der Waals surface area (Å²) in [6, 6.07) is 0. The first-order valence-corrected chi connectivity index (χ1v) is 5.38. The smallest absolute Gasteiger partial charge is 0.316 e. The first-order chi connectivity index (χ1) is 6.51. The summed E-state index contributed by atoms with van der Waals surface area (Å²) in [5, 5.41) is 0. The van der Waals surface area contributed by atoms with Gasteiger partial charge in [0.15, 0.2) is 0 Å². The van der Waals surface area contributed by atoms with Gasteiger partial charge in [-0.25, -0.2) is 0 Å². The predicted molar refractivity (Wildman–Crippen MR) is 58.8 cm³/mol. The minimum Gasteiger partial charge on any atom is -0.458 e. The van der Waals surface area contributed by atoms with E-state index < -0.39 is 24.1 Å². The van der Waals surface area contributed by atoms with Gasteiger partial charge in [0, 0.05) is 0 Å². The molecule has 0 spiro atoms. The molecule has 0 bridgehead atoms. The monoisotopic (exact) mass is 238 g/mol. The van der Waals surface area contributed by atoms with E-state index in [4.69, 9.17) is 9.47 Å². The quantitative estimate of drug-likeness (QED) is 0.547. The van der Waals surface area contributed by atoms with Crippen molar-refractivity contribution in [2.45, 2.75) is 26.1 Å². The van der Waals surface area contributed by atoms with Crippen LogP contribution >= 0.6 is 25.3 Å². The van der Waals surface area contributed by atoms with Gasteiger partial charge in [-0.2, -0.15) is 25.3 Å². The zero-order valence-corrected chi connectivity index (χ0v) is 9.89. The summed E-state index contributed by atoms with van der Waals surface area (Å²) in [4.78, 5) is 21.7. The summed E-state index contributed by atoms with van der Waals surface area (Å²) in [6.07, 6.45) is -0.947. The van der Waals surface area contributed by atoms with E-state index in [0.29, 0.717) is 0 Å². The number of hydrogen-bond acceptors (Lipinski definition) is 6. The van der Waals surface area contributed by atoms with Crippen LogP contribution in [0.4, 0.5) is 0 Å². The molecule has 14 heavy (non-hydrogen) atoms. The van der Waals surface area contributed by atoms with Crippen LogP contribution in [0.5, 0.6) is 0 Å². The molecule has 0 saturated carbocycles. The number of carbonyl (C=O) groups excluding carboxylic acids is 2. The van der Waals surface area contributed by atoms with Crippen LogP contribution < -0.4 is 0 Å². The summed E-state index contributed by atoms with van der Waals surface area (Å²) in [6.45, 7) is 3.30. The van der Waals surface area contributed by atoms with Crippen molar-refractivity contribution < 1.29 is 19.1 Å². The Bertz CT molecular complexity index is 186. The van der Waals surface area contributed by atoms with Crippen LogP contribution in [0.2, 0.25) is 0 Å². The fourth-order valence-electron chi connectivity index (χ4n) is 0.681. The van der Waals surface area contributed by atoms with Gasteiger partial charge in [-0.3, -0.25) is 9.59 Å². The molecule has 0 aromatic carbocycles. The number of carbonyl (C=O) groups is 2. The lowest BCUT2D eigenvalue weighted by atomic mass is 10.2. The Morgan fingerprint density at radius 1 is 1.00 bits per heavy atom. The molecule has 6 heteroatoms. The molecule has 0 aliphatic heterocycles. The summed E-state index contributed by atoms with van der Waals surface area (Å²) in [5.74, 6) is -0.848. The van der Waals surface area contributed by atoms with Gasteiger partial charge >= 0.3 is 11.9 Å². The number of ether oxygens (including phenoxy) is 2. The highest BCUT2D eigenvalue weighted by atomic mass is 32.1. The maximum atomic E-state index is 10.8. The standard InChI is InChI=1S/C8H14O4S2/c1-5(11-7(9)3-13)6(2)12-8(10)4-14/h5-6,13-14H,3-4H2,1-2H3. The van der Waals surface area contributed by atoms with Crippen molar-refractivity contribution in [1.82, 2.24) is 0 Å².